The van der Waals surface area contributed by atoms with Crippen molar-refractivity contribution >= 4 is 0 Å². The highest BCUT2D eigenvalue weighted by atomic mass is 15.2. The number of likely N-dealkylation sites (tertiary alicyclic amines) is 1. The molecule has 1 rings (SSSR count). The van der Waals surface area contributed by atoms with Crippen molar-refractivity contribution in [2.24, 2.45) is 5.92 Å². The fourth-order valence-corrected chi connectivity index (χ4v) is 2.24. The zero-order chi connectivity index (χ0) is 10.6. The van der Waals surface area contributed by atoms with E-state index in [1.807, 2.05) is 7.05 Å². The molecule has 0 aromatic carbocycles. The SMILES string of the molecule is CNC(C)CCN1CCCC(C)C1C. The maximum absolute atomic E-state index is 3.30. The second kappa shape index (κ2) is 5.72. The van der Waals surface area contributed by atoms with Gasteiger partial charge in [-0.2, -0.15) is 0 Å². The monoisotopic (exact) mass is 198 g/mol. The third-order valence-electron chi connectivity index (χ3n) is 3.85. The van der Waals surface area contributed by atoms with E-state index in [-0.39, 0.29) is 0 Å². The summed E-state index contributed by atoms with van der Waals surface area (Å²) in [5, 5.41) is 3.30. The van der Waals surface area contributed by atoms with E-state index in [2.05, 4.69) is 31.0 Å². The van der Waals surface area contributed by atoms with Crippen LogP contribution >= 0.6 is 0 Å². The van der Waals surface area contributed by atoms with Crippen LogP contribution in [-0.2, 0) is 0 Å². The summed E-state index contributed by atoms with van der Waals surface area (Å²) >= 11 is 0. The molecular weight excluding hydrogens is 172 g/mol. The van der Waals surface area contributed by atoms with E-state index in [9.17, 15) is 0 Å². The zero-order valence-electron chi connectivity index (χ0n) is 10.2. The number of nitrogens with one attached hydrogen (secondary N) is 1. The first-order valence-electron chi connectivity index (χ1n) is 6.06. The molecule has 0 aromatic heterocycles. The number of hydrogen-bond acceptors (Lipinski definition) is 2. The highest BCUT2D eigenvalue weighted by Gasteiger charge is 2.24. The molecule has 0 saturated carbocycles. The van der Waals surface area contributed by atoms with Crippen molar-refractivity contribution in [3.05, 3.63) is 0 Å². The molecule has 3 unspecified atom stereocenters. The maximum atomic E-state index is 3.30. The molecule has 0 aromatic rings. The van der Waals surface area contributed by atoms with Crippen LogP contribution in [0.4, 0.5) is 0 Å². The lowest BCUT2D eigenvalue weighted by molar-refractivity contribution is 0.110. The van der Waals surface area contributed by atoms with Gasteiger partial charge in [0.2, 0.25) is 0 Å². The Kier molecular flexibility index (Phi) is 4.90. The Morgan fingerprint density at radius 1 is 1.43 bits per heavy atom. The highest BCUT2D eigenvalue weighted by molar-refractivity contribution is 4.79. The standard InChI is InChI=1S/C12H26N2/c1-10-6-5-8-14(12(10)3)9-7-11(2)13-4/h10-13H,5-9H2,1-4H3. The van der Waals surface area contributed by atoms with Crippen LogP contribution in [0, 0.1) is 5.92 Å². The van der Waals surface area contributed by atoms with Crippen LogP contribution in [-0.4, -0.2) is 37.1 Å². The van der Waals surface area contributed by atoms with Crippen molar-refractivity contribution in [1.82, 2.24) is 10.2 Å². The van der Waals surface area contributed by atoms with Gasteiger partial charge in [-0.25, -0.2) is 0 Å². The summed E-state index contributed by atoms with van der Waals surface area (Å²) in [5.41, 5.74) is 0. The van der Waals surface area contributed by atoms with E-state index in [1.54, 1.807) is 0 Å². The van der Waals surface area contributed by atoms with Gasteiger partial charge in [0.15, 0.2) is 0 Å². The van der Waals surface area contributed by atoms with Crippen LogP contribution in [0.1, 0.15) is 40.0 Å². The second-order valence-corrected chi connectivity index (χ2v) is 4.87. The highest BCUT2D eigenvalue weighted by Crippen LogP contribution is 2.22. The first-order chi connectivity index (χ1) is 6.65. The molecule has 1 saturated heterocycles. The van der Waals surface area contributed by atoms with Crippen molar-refractivity contribution in [3.8, 4) is 0 Å². The second-order valence-electron chi connectivity index (χ2n) is 4.87. The Morgan fingerprint density at radius 3 is 2.79 bits per heavy atom. The molecular formula is C12H26N2. The number of rotatable bonds is 4. The third kappa shape index (κ3) is 3.25. The van der Waals surface area contributed by atoms with Gasteiger partial charge in [-0.05, 0) is 59.2 Å². The molecule has 0 amide bonds. The van der Waals surface area contributed by atoms with Crippen molar-refractivity contribution < 1.29 is 0 Å². The normalized spacial score (nSPS) is 31.7. The largest absolute Gasteiger partial charge is 0.317 e. The van der Waals surface area contributed by atoms with E-state index >= 15 is 0 Å². The molecule has 0 aliphatic carbocycles. The van der Waals surface area contributed by atoms with Gasteiger partial charge in [-0.15, -0.1) is 0 Å². The van der Waals surface area contributed by atoms with E-state index < -0.39 is 0 Å². The first-order valence-corrected chi connectivity index (χ1v) is 6.06. The summed E-state index contributed by atoms with van der Waals surface area (Å²) < 4.78 is 0. The van der Waals surface area contributed by atoms with Crippen LogP contribution < -0.4 is 5.32 Å². The van der Waals surface area contributed by atoms with E-state index in [0.29, 0.717) is 6.04 Å². The molecule has 1 heterocycles. The molecule has 0 bridgehead atoms. The Morgan fingerprint density at radius 2 is 2.14 bits per heavy atom. The van der Waals surface area contributed by atoms with Crippen molar-refractivity contribution in [2.45, 2.75) is 52.1 Å². The summed E-state index contributed by atoms with van der Waals surface area (Å²) in [5.74, 6) is 0.883. The molecule has 84 valence electrons. The number of hydrogen-bond donors (Lipinski definition) is 1. The minimum atomic E-state index is 0.652. The Bertz CT molecular complexity index is 158. The molecule has 3 atom stereocenters. The molecule has 0 radical (unpaired) electrons. The van der Waals surface area contributed by atoms with Crippen molar-refractivity contribution in [1.29, 1.82) is 0 Å². The minimum absolute atomic E-state index is 0.652. The van der Waals surface area contributed by atoms with E-state index in [0.717, 1.165) is 12.0 Å². The van der Waals surface area contributed by atoms with Crippen LogP contribution in [0.15, 0.2) is 0 Å². The average molecular weight is 198 g/mol. The fraction of sp³-hybridized carbons (Fsp3) is 1.00. The summed E-state index contributed by atoms with van der Waals surface area (Å²) in [6.07, 6.45) is 4.08. The fourth-order valence-electron chi connectivity index (χ4n) is 2.24. The molecule has 2 nitrogen and oxygen atoms in total. The zero-order valence-corrected chi connectivity index (χ0v) is 10.2. The van der Waals surface area contributed by atoms with Crippen molar-refractivity contribution in [2.75, 3.05) is 20.1 Å². The smallest absolute Gasteiger partial charge is 0.00925 e. The van der Waals surface area contributed by atoms with Gasteiger partial charge >= 0.3 is 0 Å². The molecule has 1 aliphatic rings. The summed E-state index contributed by atoms with van der Waals surface area (Å²) in [6, 6.07) is 1.44. The number of nitrogens with zero attached hydrogens (tertiary/aromatic N) is 1. The predicted molar refractivity (Wildman–Crippen MR) is 62.6 cm³/mol. The van der Waals surface area contributed by atoms with Gasteiger partial charge in [-0.3, -0.25) is 0 Å². The quantitative estimate of drug-likeness (QED) is 0.744. The number of piperidine rings is 1. The minimum Gasteiger partial charge on any atom is -0.317 e. The van der Waals surface area contributed by atoms with Gasteiger partial charge < -0.3 is 10.2 Å². The summed E-state index contributed by atoms with van der Waals surface area (Å²) in [6.45, 7) is 9.60. The third-order valence-corrected chi connectivity index (χ3v) is 3.85. The van der Waals surface area contributed by atoms with E-state index in [4.69, 9.17) is 0 Å². The van der Waals surface area contributed by atoms with Crippen LogP contribution in [0.5, 0.6) is 0 Å². The Balaban J connectivity index is 2.28. The van der Waals surface area contributed by atoms with Gasteiger partial charge in [0.05, 0.1) is 0 Å². The molecule has 0 spiro atoms. The van der Waals surface area contributed by atoms with E-state index in [1.165, 1.54) is 32.4 Å². The van der Waals surface area contributed by atoms with Gasteiger partial charge in [0.25, 0.3) is 0 Å². The predicted octanol–water partition coefficient (Wildman–Crippen LogP) is 2.10. The summed E-state index contributed by atoms with van der Waals surface area (Å²) in [4.78, 5) is 2.65. The lowest BCUT2D eigenvalue weighted by Crippen LogP contribution is -2.44. The van der Waals surface area contributed by atoms with Gasteiger partial charge in [0, 0.05) is 12.1 Å². The molecule has 2 heteroatoms. The lowest BCUT2D eigenvalue weighted by Gasteiger charge is -2.38. The molecule has 1 N–H and O–H groups in total. The molecule has 1 fully saturated rings. The summed E-state index contributed by atoms with van der Waals surface area (Å²) in [7, 11) is 2.05. The topological polar surface area (TPSA) is 15.3 Å². The van der Waals surface area contributed by atoms with Crippen LogP contribution in [0.3, 0.4) is 0 Å². The van der Waals surface area contributed by atoms with Gasteiger partial charge in [-0.1, -0.05) is 6.92 Å². The molecule has 1 aliphatic heterocycles. The van der Waals surface area contributed by atoms with Crippen LogP contribution in [0.2, 0.25) is 0 Å². The van der Waals surface area contributed by atoms with Crippen LogP contribution in [0.25, 0.3) is 0 Å². The molecule has 14 heavy (non-hydrogen) atoms. The lowest BCUT2D eigenvalue weighted by atomic mass is 9.92. The average Bonchev–Trinajstić information content (AvgIpc) is 2.20. The maximum Gasteiger partial charge on any atom is 0.00925 e. The van der Waals surface area contributed by atoms with Crippen molar-refractivity contribution in [3.63, 3.8) is 0 Å². The Labute approximate surface area is 89.1 Å². The van der Waals surface area contributed by atoms with Gasteiger partial charge in [0.1, 0.15) is 0 Å². The Hall–Kier alpha value is -0.0800. The first kappa shape index (κ1) is 12.0.